The van der Waals surface area contributed by atoms with Crippen molar-refractivity contribution in [2.45, 2.75) is 13.0 Å². The molecule has 1 aliphatic rings. The van der Waals surface area contributed by atoms with Gasteiger partial charge in [-0.1, -0.05) is 0 Å². The van der Waals surface area contributed by atoms with Crippen LogP contribution >= 0.6 is 0 Å². The number of ketones is 1. The van der Waals surface area contributed by atoms with Crippen molar-refractivity contribution in [1.82, 2.24) is 14.4 Å². The van der Waals surface area contributed by atoms with Crippen LogP contribution in [-0.2, 0) is 6.54 Å². The predicted octanol–water partition coefficient (Wildman–Crippen LogP) is 3.12. The van der Waals surface area contributed by atoms with Crippen LogP contribution in [0.3, 0.4) is 0 Å². The zero-order valence-electron chi connectivity index (χ0n) is 21.3. The lowest BCUT2D eigenvalue weighted by Gasteiger charge is -2.18. The molecule has 0 atom stereocenters. The molecule has 0 radical (unpaired) electrons. The van der Waals surface area contributed by atoms with Crippen molar-refractivity contribution in [3.05, 3.63) is 51.8 Å². The number of nitrogens with zero attached hydrogens (tertiary/aromatic N) is 3. The maximum Gasteiger partial charge on any atom is 0.259 e. The molecule has 2 aromatic carbocycles. The minimum Gasteiger partial charge on any atom is -0.493 e. The smallest absolute Gasteiger partial charge is 0.259 e. The van der Waals surface area contributed by atoms with E-state index in [9.17, 15) is 9.59 Å². The van der Waals surface area contributed by atoms with Crippen LogP contribution in [0.25, 0.3) is 22.0 Å². The Balaban J connectivity index is 1.90. The lowest BCUT2D eigenvalue weighted by Crippen LogP contribution is -2.25. The second-order valence-electron chi connectivity index (χ2n) is 9.28. The zero-order chi connectivity index (χ0) is 25.3. The molecule has 35 heavy (non-hydrogen) atoms. The standard InChI is InChI=1S/C27H33N3O5/c1-28(2)10-7-11-30-25-18-9-8-17(35-13-12-29(3)4)14-20(18)26(31)24(25)19-15-22(33-5)23(34-6)16-21(19)27(30)32/h8-9,14-16H,7,10-13H2,1-6H3. The van der Waals surface area contributed by atoms with Gasteiger partial charge < -0.3 is 28.6 Å². The molecule has 1 aromatic heterocycles. The Labute approximate surface area is 205 Å². The first-order valence-corrected chi connectivity index (χ1v) is 11.7. The molecule has 1 heterocycles. The van der Waals surface area contributed by atoms with Gasteiger partial charge in [0, 0.05) is 29.6 Å². The highest BCUT2D eigenvalue weighted by atomic mass is 16.5. The van der Waals surface area contributed by atoms with E-state index in [1.54, 1.807) is 29.9 Å². The molecule has 0 unspecified atom stereocenters. The van der Waals surface area contributed by atoms with Crippen LogP contribution in [0.5, 0.6) is 17.2 Å². The van der Waals surface area contributed by atoms with Crippen LogP contribution in [0.15, 0.2) is 35.1 Å². The highest BCUT2D eigenvalue weighted by Gasteiger charge is 2.33. The van der Waals surface area contributed by atoms with Gasteiger partial charge >= 0.3 is 0 Å². The number of hydrogen-bond donors (Lipinski definition) is 0. The molecule has 8 heteroatoms. The van der Waals surface area contributed by atoms with E-state index in [2.05, 4.69) is 4.90 Å². The Bertz CT molecular complexity index is 1330. The maximum absolute atomic E-state index is 13.8. The number of fused-ring (bicyclic) bond motifs is 5. The monoisotopic (exact) mass is 479 g/mol. The number of benzene rings is 2. The number of carbonyl (C=O) groups is 1. The largest absolute Gasteiger partial charge is 0.493 e. The van der Waals surface area contributed by atoms with Gasteiger partial charge in [-0.05, 0) is 71.5 Å². The second-order valence-corrected chi connectivity index (χ2v) is 9.28. The highest BCUT2D eigenvalue weighted by molar-refractivity contribution is 6.27. The fraction of sp³-hybridized carbons (Fsp3) is 0.407. The van der Waals surface area contributed by atoms with E-state index in [0.717, 1.165) is 25.1 Å². The third-order valence-corrected chi connectivity index (χ3v) is 6.29. The minimum atomic E-state index is -0.148. The lowest BCUT2D eigenvalue weighted by molar-refractivity contribution is 0.104. The average Bonchev–Trinajstić information content (AvgIpc) is 3.11. The molecule has 0 aliphatic heterocycles. The number of methoxy groups -OCH3 is 2. The van der Waals surface area contributed by atoms with Gasteiger partial charge in [0.1, 0.15) is 12.4 Å². The Morgan fingerprint density at radius 2 is 1.49 bits per heavy atom. The Kier molecular flexibility index (Phi) is 7.14. The second kappa shape index (κ2) is 10.1. The molecule has 4 rings (SSSR count). The third-order valence-electron chi connectivity index (χ3n) is 6.29. The summed E-state index contributed by atoms with van der Waals surface area (Å²) in [5.74, 6) is 1.45. The summed E-state index contributed by atoms with van der Waals surface area (Å²) in [7, 11) is 11.0. The number of hydrogen-bond acceptors (Lipinski definition) is 7. The van der Waals surface area contributed by atoms with Crippen molar-refractivity contribution < 1.29 is 19.0 Å². The molecule has 8 nitrogen and oxygen atoms in total. The summed E-state index contributed by atoms with van der Waals surface area (Å²) in [6, 6.07) is 8.94. The van der Waals surface area contributed by atoms with Crippen molar-refractivity contribution >= 4 is 16.6 Å². The lowest BCUT2D eigenvalue weighted by atomic mass is 10.0. The van der Waals surface area contributed by atoms with E-state index in [4.69, 9.17) is 14.2 Å². The third kappa shape index (κ3) is 4.63. The van der Waals surface area contributed by atoms with Crippen molar-refractivity contribution in [3.8, 4) is 28.5 Å². The van der Waals surface area contributed by atoms with Crippen LogP contribution < -0.4 is 19.8 Å². The summed E-state index contributed by atoms with van der Waals surface area (Å²) in [6.07, 6.45) is 0.771. The number of aromatic nitrogens is 1. The fourth-order valence-electron chi connectivity index (χ4n) is 4.53. The molecular formula is C27H33N3O5. The quantitative estimate of drug-likeness (QED) is 0.346. The molecule has 186 valence electrons. The molecule has 0 amide bonds. The average molecular weight is 480 g/mol. The van der Waals surface area contributed by atoms with Crippen LogP contribution in [0.4, 0.5) is 0 Å². The van der Waals surface area contributed by atoms with Crippen LogP contribution in [-0.4, -0.2) is 82.3 Å². The predicted molar refractivity (Wildman–Crippen MR) is 137 cm³/mol. The van der Waals surface area contributed by atoms with E-state index < -0.39 is 0 Å². The van der Waals surface area contributed by atoms with E-state index in [-0.39, 0.29) is 11.3 Å². The van der Waals surface area contributed by atoms with Crippen molar-refractivity contribution in [3.63, 3.8) is 0 Å². The molecule has 0 N–H and O–H groups in total. The number of ether oxygens (including phenoxy) is 3. The molecule has 0 spiro atoms. The first-order chi connectivity index (χ1) is 16.8. The van der Waals surface area contributed by atoms with Crippen molar-refractivity contribution in [2.24, 2.45) is 0 Å². The summed E-state index contributed by atoms with van der Waals surface area (Å²) in [6.45, 7) is 2.60. The normalized spacial score (nSPS) is 12.4. The number of pyridine rings is 1. The molecular weight excluding hydrogens is 446 g/mol. The van der Waals surface area contributed by atoms with Gasteiger partial charge in [0.25, 0.3) is 5.56 Å². The summed E-state index contributed by atoms with van der Waals surface area (Å²) < 4.78 is 18.6. The number of likely N-dealkylation sites (N-methyl/N-ethyl adjacent to an activating group) is 1. The van der Waals surface area contributed by atoms with E-state index in [1.165, 1.54) is 7.11 Å². The molecule has 0 fully saturated rings. The molecule has 0 saturated carbocycles. The topological polar surface area (TPSA) is 73.2 Å². The van der Waals surface area contributed by atoms with E-state index in [1.807, 2.05) is 45.2 Å². The van der Waals surface area contributed by atoms with Gasteiger partial charge in [-0.25, -0.2) is 0 Å². The SMILES string of the molecule is COc1cc2c3c(n(CCCN(C)C)c(=O)c2cc1OC)-c1ccc(OCCN(C)C)cc1C3=O. The number of carbonyl (C=O) groups excluding carboxylic acids is 1. The van der Waals surface area contributed by atoms with Gasteiger partial charge in [-0.2, -0.15) is 0 Å². The summed E-state index contributed by atoms with van der Waals surface area (Å²) in [4.78, 5) is 31.6. The Morgan fingerprint density at radius 1 is 0.829 bits per heavy atom. The molecule has 0 bridgehead atoms. The summed E-state index contributed by atoms with van der Waals surface area (Å²) >= 11 is 0. The fourth-order valence-corrected chi connectivity index (χ4v) is 4.53. The molecule has 1 aliphatic carbocycles. The molecule has 3 aromatic rings. The minimum absolute atomic E-state index is 0.119. The maximum atomic E-state index is 13.8. The van der Waals surface area contributed by atoms with Gasteiger partial charge in [0.15, 0.2) is 17.3 Å². The van der Waals surface area contributed by atoms with E-state index >= 15 is 0 Å². The van der Waals surface area contributed by atoms with Gasteiger partial charge in [0.2, 0.25) is 0 Å². The van der Waals surface area contributed by atoms with Gasteiger partial charge in [0.05, 0.1) is 30.9 Å². The first-order valence-electron chi connectivity index (χ1n) is 11.7. The Hall–Kier alpha value is -3.36. The van der Waals surface area contributed by atoms with Crippen molar-refractivity contribution in [1.29, 1.82) is 0 Å². The van der Waals surface area contributed by atoms with Gasteiger partial charge in [-0.15, -0.1) is 0 Å². The van der Waals surface area contributed by atoms with Crippen molar-refractivity contribution in [2.75, 3.05) is 62.1 Å². The Morgan fingerprint density at radius 3 is 2.11 bits per heavy atom. The molecule has 0 saturated heterocycles. The summed E-state index contributed by atoms with van der Waals surface area (Å²) in [5.41, 5.74) is 2.33. The van der Waals surface area contributed by atoms with Crippen LogP contribution in [0, 0.1) is 0 Å². The first kappa shape index (κ1) is 24.8. The number of rotatable bonds is 10. The van der Waals surface area contributed by atoms with Gasteiger partial charge in [-0.3, -0.25) is 9.59 Å². The van der Waals surface area contributed by atoms with E-state index in [0.29, 0.717) is 58.0 Å². The van der Waals surface area contributed by atoms with Crippen LogP contribution in [0.1, 0.15) is 22.3 Å². The van der Waals surface area contributed by atoms with Crippen LogP contribution in [0.2, 0.25) is 0 Å². The summed E-state index contributed by atoms with van der Waals surface area (Å²) in [5, 5.41) is 1.01. The highest BCUT2D eigenvalue weighted by Crippen LogP contribution is 2.43. The zero-order valence-corrected chi connectivity index (χ0v) is 21.3.